The normalized spacial score (nSPS) is 11.3. The van der Waals surface area contributed by atoms with Gasteiger partial charge in [-0.2, -0.15) is 0 Å². The Kier molecular flexibility index (Phi) is 7.72. The van der Waals surface area contributed by atoms with Crippen LogP contribution in [0.3, 0.4) is 0 Å². The van der Waals surface area contributed by atoms with E-state index in [1.165, 1.54) is 5.56 Å². The quantitative estimate of drug-likeness (QED) is 0.436. The molecule has 0 spiro atoms. The summed E-state index contributed by atoms with van der Waals surface area (Å²) in [5.41, 5.74) is 2.30. The summed E-state index contributed by atoms with van der Waals surface area (Å²) in [5, 5.41) is 6.60. The first-order valence-corrected chi connectivity index (χ1v) is 9.49. The summed E-state index contributed by atoms with van der Waals surface area (Å²) < 4.78 is 10.6. The van der Waals surface area contributed by atoms with Crippen molar-refractivity contribution in [2.24, 2.45) is 4.99 Å². The van der Waals surface area contributed by atoms with E-state index in [9.17, 15) is 0 Å². The van der Waals surface area contributed by atoms with Crippen LogP contribution < -0.4 is 14.8 Å². The Hall–Kier alpha value is -2.28. The van der Waals surface area contributed by atoms with Gasteiger partial charge in [0.2, 0.25) is 0 Å². The van der Waals surface area contributed by atoms with Crippen LogP contribution in [0.4, 0.5) is 0 Å². The molecule has 1 aromatic heterocycles. The van der Waals surface area contributed by atoms with Crippen LogP contribution in [-0.4, -0.2) is 50.7 Å². The number of nitrogens with one attached hydrogen (secondary N) is 1. The molecular formula is C19H28N4O2S. The lowest BCUT2D eigenvalue weighted by Gasteiger charge is -2.21. The number of aliphatic imine (C=N–C) groups is 1. The van der Waals surface area contributed by atoms with Gasteiger partial charge in [0.1, 0.15) is 0 Å². The van der Waals surface area contributed by atoms with Crippen molar-refractivity contribution < 1.29 is 9.47 Å². The van der Waals surface area contributed by atoms with Crippen LogP contribution in [-0.2, 0) is 13.0 Å². The number of aromatic nitrogens is 1. The third-order valence-electron chi connectivity index (χ3n) is 4.01. The summed E-state index contributed by atoms with van der Waals surface area (Å²) in [6, 6.07) is 6.06. The second-order valence-corrected chi connectivity index (χ2v) is 7.04. The number of ether oxygens (including phenoxy) is 2. The monoisotopic (exact) mass is 376 g/mol. The Morgan fingerprint density at radius 2 is 2.04 bits per heavy atom. The number of rotatable bonds is 8. The average Bonchev–Trinajstić information content (AvgIpc) is 3.06. The smallest absolute Gasteiger partial charge is 0.193 e. The topological polar surface area (TPSA) is 59.0 Å². The molecular weight excluding hydrogens is 348 g/mol. The van der Waals surface area contributed by atoms with E-state index >= 15 is 0 Å². The standard InChI is InChI=1S/C19H28N4O2S/c1-14-22-16(13-26-14)12-23(3)19(20-2)21-10-6-7-15-8-9-17(24-4)18(11-15)25-5/h8-9,11,13H,6-7,10,12H2,1-5H3,(H,20,21). The third-order valence-corrected chi connectivity index (χ3v) is 4.83. The van der Waals surface area contributed by atoms with Crippen molar-refractivity contribution in [3.8, 4) is 11.5 Å². The Morgan fingerprint density at radius 3 is 2.65 bits per heavy atom. The minimum absolute atomic E-state index is 0.750. The molecule has 1 N–H and O–H groups in total. The predicted octanol–water partition coefficient (Wildman–Crippen LogP) is 3.11. The molecule has 0 saturated heterocycles. The molecule has 0 amide bonds. The van der Waals surface area contributed by atoms with Crippen LogP contribution in [0, 0.1) is 6.92 Å². The van der Waals surface area contributed by atoms with Crippen molar-refractivity contribution in [1.29, 1.82) is 0 Å². The predicted molar refractivity (Wildman–Crippen MR) is 108 cm³/mol. The fourth-order valence-corrected chi connectivity index (χ4v) is 3.32. The highest BCUT2D eigenvalue weighted by molar-refractivity contribution is 7.09. The summed E-state index contributed by atoms with van der Waals surface area (Å²) in [7, 11) is 7.14. The van der Waals surface area contributed by atoms with Crippen LogP contribution >= 0.6 is 11.3 Å². The molecule has 0 aliphatic heterocycles. The maximum absolute atomic E-state index is 5.36. The Labute approximate surface area is 159 Å². The number of aryl methyl sites for hydroxylation is 2. The molecule has 2 aromatic rings. The molecule has 7 heteroatoms. The van der Waals surface area contributed by atoms with E-state index in [-0.39, 0.29) is 0 Å². The van der Waals surface area contributed by atoms with E-state index < -0.39 is 0 Å². The van der Waals surface area contributed by atoms with Crippen LogP contribution in [0.5, 0.6) is 11.5 Å². The number of hydrogen-bond acceptors (Lipinski definition) is 5. The Bertz CT molecular complexity index is 730. The molecule has 1 heterocycles. The van der Waals surface area contributed by atoms with Crippen molar-refractivity contribution in [1.82, 2.24) is 15.2 Å². The number of nitrogens with zero attached hydrogens (tertiary/aromatic N) is 3. The molecule has 6 nitrogen and oxygen atoms in total. The first kappa shape index (κ1) is 20.0. The van der Waals surface area contributed by atoms with E-state index in [0.29, 0.717) is 0 Å². The molecule has 0 radical (unpaired) electrons. The second-order valence-electron chi connectivity index (χ2n) is 5.98. The summed E-state index contributed by atoms with van der Waals surface area (Å²) in [4.78, 5) is 11.0. The first-order valence-electron chi connectivity index (χ1n) is 8.61. The molecule has 0 atom stereocenters. The number of thiazole rings is 1. The third kappa shape index (κ3) is 5.62. The fourth-order valence-electron chi connectivity index (χ4n) is 2.71. The largest absolute Gasteiger partial charge is 0.493 e. The molecule has 0 saturated carbocycles. The van der Waals surface area contributed by atoms with Gasteiger partial charge in [-0.1, -0.05) is 6.07 Å². The zero-order valence-corrected chi connectivity index (χ0v) is 17.0. The Balaban J connectivity index is 1.80. The zero-order chi connectivity index (χ0) is 18.9. The van der Waals surface area contributed by atoms with Gasteiger partial charge < -0.3 is 19.7 Å². The highest BCUT2D eigenvalue weighted by Crippen LogP contribution is 2.27. The van der Waals surface area contributed by atoms with Gasteiger partial charge in [-0.05, 0) is 37.5 Å². The summed E-state index contributed by atoms with van der Waals surface area (Å²) >= 11 is 1.67. The minimum Gasteiger partial charge on any atom is -0.493 e. The maximum Gasteiger partial charge on any atom is 0.193 e. The van der Waals surface area contributed by atoms with E-state index in [1.54, 1.807) is 32.6 Å². The van der Waals surface area contributed by atoms with Crippen LogP contribution in [0.2, 0.25) is 0 Å². The number of methoxy groups -OCH3 is 2. The lowest BCUT2D eigenvalue weighted by Crippen LogP contribution is -2.39. The lowest BCUT2D eigenvalue weighted by molar-refractivity contribution is 0.354. The van der Waals surface area contributed by atoms with Crippen molar-refractivity contribution in [3.05, 3.63) is 39.8 Å². The van der Waals surface area contributed by atoms with Gasteiger partial charge >= 0.3 is 0 Å². The average molecular weight is 377 g/mol. The number of benzene rings is 1. The van der Waals surface area contributed by atoms with Gasteiger partial charge in [0, 0.05) is 26.0 Å². The molecule has 0 aliphatic carbocycles. The van der Waals surface area contributed by atoms with Crippen molar-refractivity contribution >= 4 is 17.3 Å². The lowest BCUT2D eigenvalue weighted by atomic mass is 10.1. The maximum atomic E-state index is 5.36. The van der Waals surface area contributed by atoms with E-state index in [0.717, 1.165) is 54.1 Å². The second kappa shape index (κ2) is 10.0. The molecule has 0 fully saturated rings. The molecule has 0 unspecified atom stereocenters. The molecule has 0 aliphatic rings. The van der Waals surface area contributed by atoms with E-state index in [4.69, 9.17) is 9.47 Å². The van der Waals surface area contributed by atoms with Crippen LogP contribution in [0.25, 0.3) is 0 Å². The van der Waals surface area contributed by atoms with Crippen LogP contribution in [0.15, 0.2) is 28.6 Å². The zero-order valence-electron chi connectivity index (χ0n) is 16.2. The van der Waals surface area contributed by atoms with Crippen molar-refractivity contribution in [3.63, 3.8) is 0 Å². The van der Waals surface area contributed by atoms with Crippen LogP contribution in [0.1, 0.15) is 22.7 Å². The number of guanidine groups is 1. The molecule has 1 aromatic carbocycles. The van der Waals surface area contributed by atoms with Gasteiger partial charge in [0.25, 0.3) is 0 Å². The summed E-state index contributed by atoms with van der Waals surface area (Å²) in [5.74, 6) is 2.41. The molecule has 26 heavy (non-hydrogen) atoms. The molecule has 0 bridgehead atoms. The van der Waals surface area contributed by atoms with Gasteiger partial charge in [-0.15, -0.1) is 11.3 Å². The fraction of sp³-hybridized carbons (Fsp3) is 0.474. The minimum atomic E-state index is 0.750. The highest BCUT2D eigenvalue weighted by atomic mass is 32.1. The van der Waals surface area contributed by atoms with E-state index in [1.807, 2.05) is 26.1 Å². The van der Waals surface area contributed by atoms with Gasteiger partial charge in [0.15, 0.2) is 17.5 Å². The highest BCUT2D eigenvalue weighted by Gasteiger charge is 2.09. The summed E-state index contributed by atoms with van der Waals surface area (Å²) in [6.45, 7) is 3.62. The van der Waals surface area contributed by atoms with E-state index in [2.05, 4.69) is 31.6 Å². The number of hydrogen-bond donors (Lipinski definition) is 1. The van der Waals surface area contributed by atoms with Gasteiger partial charge in [-0.3, -0.25) is 4.99 Å². The first-order chi connectivity index (χ1) is 12.6. The SMILES string of the molecule is CN=C(NCCCc1ccc(OC)c(OC)c1)N(C)Cc1csc(C)n1. The Morgan fingerprint density at radius 1 is 1.27 bits per heavy atom. The van der Waals surface area contributed by atoms with Gasteiger partial charge in [0.05, 0.1) is 31.5 Å². The summed E-state index contributed by atoms with van der Waals surface area (Å²) in [6.07, 6.45) is 1.96. The molecule has 142 valence electrons. The molecule has 2 rings (SSSR count). The van der Waals surface area contributed by atoms with Gasteiger partial charge in [-0.25, -0.2) is 4.98 Å². The van der Waals surface area contributed by atoms with Crippen molar-refractivity contribution in [2.45, 2.75) is 26.3 Å². The van der Waals surface area contributed by atoms with Crippen molar-refractivity contribution in [2.75, 3.05) is 34.9 Å².